The second-order valence-electron chi connectivity index (χ2n) is 10.5. The molecular weight excluding hydrogens is 434 g/mol. The van der Waals surface area contributed by atoms with Gasteiger partial charge in [0.1, 0.15) is 12.8 Å². The van der Waals surface area contributed by atoms with Gasteiger partial charge in [-0.25, -0.2) is 8.78 Å². The number of aliphatic hydroxyl groups excluding tert-OH is 2. The maximum Gasteiger partial charge on any atom is 0.306 e. The molecule has 0 aromatic heterocycles. The first-order chi connectivity index (χ1) is 15.4. The Kier molecular flexibility index (Phi) is 5.72. The van der Waals surface area contributed by atoms with E-state index in [2.05, 4.69) is 0 Å². The normalized spacial score (nSPS) is 46.2. The van der Waals surface area contributed by atoms with E-state index >= 15 is 8.78 Å². The molecule has 0 bridgehead atoms. The molecular formula is C25H32F2O6. The monoisotopic (exact) mass is 466 g/mol. The van der Waals surface area contributed by atoms with Crippen LogP contribution in [0.2, 0.25) is 0 Å². The lowest BCUT2D eigenvalue weighted by molar-refractivity contribution is -0.229. The minimum atomic E-state index is -2.27. The van der Waals surface area contributed by atoms with E-state index in [0.717, 1.165) is 6.08 Å². The van der Waals surface area contributed by atoms with E-state index in [0.29, 0.717) is 6.42 Å². The number of alkyl halides is 2. The molecule has 0 spiro atoms. The Morgan fingerprint density at radius 3 is 2.61 bits per heavy atom. The zero-order valence-electron chi connectivity index (χ0n) is 19.3. The predicted molar refractivity (Wildman–Crippen MR) is 114 cm³/mol. The number of carbonyl (C=O) groups excluding carboxylic acids is 3. The first-order valence-electron chi connectivity index (χ1n) is 11.7. The molecule has 3 saturated carbocycles. The number of allylic oxidation sites excluding steroid dienone is 4. The van der Waals surface area contributed by atoms with Crippen molar-refractivity contribution in [3.63, 3.8) is 0 Å². The van der Waals surface area contributed by atoms with Crippen molar-refractivity contribution in [3.8, 4) is 0 Å². The van der Waals surface area contributed by atoms with Crippen LogP contribution < -0.4 is 0 Å². The SMILES string of the molecule is CCCC(=O)O[C@]1(C(=O)CO)CCC2C3CC(F)C4=CC(=O)C=C[C@]4(C)[C@@]3(F)C(O)C[C@@]21C. The number of halogens is 2. The van der Waals surface area contributed by atoms with Crippen LogP contribution in [0.25, 0.3) is 0 Å². The fourth-order valence-electron chi connectivity index (χ4n) is 7.45. The maximum atomic E-state index is 17.1. The Bertz CT molecular complexity index is 945. The number of hydrogen-bond acceptors (Lipinski definition) is 6. The number of carbonyl (C=O) groups is 3. The number of hydrogen-bond donors (Lipinski definition) is 2. The molecule has 33 heavy (non-hydrogen) atoms. The second-order valence-corrected chi connectivity index (χ2v) is 10.5. The van der Waals surface area contributed by atoms with Crippen molar-refractivity contribution in [1.29, 1.82) is 0 Å². The summed E-state index contributed by atoms with van der Waals surface area (Å²) in [7, 11) is 0. The molecule has 4 aliphatic carbocycles. The highest BCUT2D eigenvalue weighted by Gasteiger charge is 2.76. The van der Waals surface area contributed by atoms with Crippen LogP contribution in [-0.4, -0.2) is 57.9 Å². The third kappa shape index (κ3) is 2.99. The summed E-state index contributed by atoms with van der Waals surface area (Å²) in [5.74, 6) is -3.24. The van der Waals surface area contributed by atoms with Crippen molar-refractivity contribution in [3.05, 3.63) is 23.8 Å². The maximum absolute atomic E-state index is 17.1. The van der Waals surface area contributed by atoms with E-state index in [-0.39, 0.29) is 37.7 Å². The topological polar surface area (TPSA) is 101 Å². The Hall–Kier alpha value is -1.93. The Morgan fingerprint density at radius 2 is 1.97 bits per heavy atom. The molecule has 8 heteroatoms. The van der Waals surface area contributed by atoms with Gasteiger partial charge < -0.3 is 14.9 Å². The molecule has 4 aliphatic rings. The van der Waals surface area contributed by atoms with Crippen molar-refractivity contribution in [2.45, 2.75) is 82.8 Å². The van der Waals surface area contributed by atoms with Gasteiger partial charge in [0.25, 0.3) is 0 Å². The van der Waals surface area contributed by atoms with E-state index in [4.69, 9.17) is 4.74 Å². The number of ketones is 2. The minimum absolute atomic E-state index is 0.0291. The van der Waals surface area contributed by atoms with Crippen molar-refractivity contribution < 1.29 is 38.1 Å². The molecule has 8 atom stereocenters. The third-order valence-corrected chi connectivity index (χ3v) is 9.08. The summed E-state index contributed by atoms with van der Waals surface area (Å²) in [6, 6.07) is 0. The molecule has 182 valence electrons. The summed E-state index contributed by atoms with van der Waals surface area (Å²) in [4.78, 5) is 37.4. The van der Waals surface area contributed by atoms with Crippen LogP contribution in [0, 0.1) is 22.7 Å². The summed E-state index contributed by atoms with van der Waals surface area (Å²) in [6.45, 7) is 4.13. The standard InChI is InChI=1S/C25H32F2O6/c1-4-5-21(32)33-24(20(31)13-28)9-7-15-16-11-18(26)17-10-14(29)6-8-22(17,2)25(16,27)19(30)12-23(15,24)3/h6,8,10,15-16,18-19,28,30H,4-5,7,9,11-13H2,1-3H3/t15?,16?,18?,19?,22-,23-,24-,25-/m0/s1. The average molecular weight is 467 g/mol. The molecule has 0 aromatic carbocycles. The summed E-state index contributed by atoms with van der Waals surface area (Å²) in [6.07, 6.45) is 1.01. The van der Waals surface area contributed by atoms with E-state index in [1.807, 2.05) is 0 Å². The van der Waals surface area contributed by atoms with E-state index in [9.17, 15) is 24.6 Å². The molecule has 0 heterocycles. The lowest BCUT2D eigenvalue weighted by Crippen LogP contribution is -2.70. The summed E-state index contributed by atoms with van der Waals surface area (Å²) in [5.41, 5.74) is -6.64. The number of ether oxygens (including phenoxy) is 1. The van der Waals surface area contributed by atoms with Crippen molar-refractivity contribution in [2.24, 2.45) is 22.7 Å². The molecule has 2 N–H and O–H groups in total. The molecule has 4 rings (SSSR count). The molecule has 0 radical (unpaired) electrons. The van der Waals surface area contributed by atoms with Gasteiger partial charge in [0, 0.05) is 23.2 Å². The van der Waals surface area contributed by atoms with Crippen LogP contribution in [0.1, 0.15) is 59.3 Å². The molecule has 0 aliphatic heterocycles. The Labute approximate surface area is 192 Å². The van der Waals surface area contributed by atoms with Gasteiger partial charge in [-0.3, -0.25) is 14.4 Å². The number of esters is 1. The van der Waals surface area contributed by atoms with Gasteiger partial charge in [-0.05, 0) is 62.7 Å². The molecule has 4 unspecified atom stereocenters. The number of fused-ring (bicyclic) bond motifs is 5. The van der Waals surface area contributed by atoms with Gasteiger partial charge in [0.05, 0.1) is 6.10 Å². The largest absolute Gasteiger partial charge is 0.450 e. The van der Waals surface area contributed by atoms with Gasteiger partial charge in [-0.2, -0.15) is 0 Å². The van der Waals surface area contributed by atoms with Crippen LogP contribution in [0.4, 0.5) is 8.78 Å². The molecule has 3 fully saturated rings. The fourth-order valence-corrected chi connectivity index (χ4v) is 7.45. The van der Waals surface area contributed by atoms with Gasteiger partial charge in [0.2, 0.25) is 5.78 Å². The quantitative estimate of drug-likeness (QED) is 0.605. The van der Waals surface area contributed by atoms with E-state index < -0.39 is 70.4 Å². The summed E-state index contributed by atoms with van der Waals surface area (Å²) >= 11 is 0. The van der Waals surface area contributed by atoms with Crippen LogP contribution in [-0.2, 0) is 19.1 Å². The number of rotatable bonds is 5. The highest BCUT2D eigenvalue weighted by Crippen LogP contribution is 2.70. The van der Waals surface area contributed by atoms with Crippen LogP contribution in [0.5, 0.6) is 0 Å². The Morgan fingerprint density at radius 1 is 1.27 bits per heavy atom. The second kappa shape index (κ2) is 7.80. The predicted octanol–water partition coefficient (Wildman–Crippen LogP) is 2.95. The molecule has 0 amide bonds. The zero-order valence-corrected chi connectivity index (χ0v) is 19.3. The van der Waals surface area contributed by atoms with Crippen molar-refractivity contribution in [2.75, 3.05) is 6.61 Å². The average Bonchev–Trinajstić information content (AvgIpc) is 3.04. The molecule has 0 aromatic rings. The highest BCUT2D eigenvalue weighted by atomic mass is 19.1. The number of aliphatic hydroxyl groups is 2. The van der Waals surface area contributed by atoms with Crippen LogP contribution in [0.15, 0.2) is 23.8 Å². The van der Waals surface area contributed by atoms with Gasteiger partial charge in [-0.15, -0.1) is 0 Å². The van der Waals surface area contributed by atoms with Gasteiger partial charge in [0.15, 0.2) is 17.1 Å². The fraction of sp³-hybridized carbons (Fsp3) is 0.720. The first-order valence-corrected chi connectivity index (χ1v) is 11.7. The Balaban J connectivity index is 1.82. The lowest BCUT2D eigenvalue weighted by Gasteiger charge is -2.63. The van der Waals surface area contributed by atoms with Crippen LogP contribution >= 0.6 is 0 Å². The minimum Gasteiger partial charge on any atom is -0.450 e. The van der Waals surface area contributed by atoms with E-state index in [1.54, 1.807) is 13.8 Å². The summed E-state index contributed by atoms with van der Waals surface area (Å²) in [5, 5.41) is 21.0. The van der Waals surface area contributed by atoms with Gasteiger partial charge >= 0.3 is 5.97 Å². The summed E-state index contributed by atoms with van der Waals surface area (Å²) < 4.78 is 38.3. The highest BCUT2D eigenvalue weighted by molar-refractivity contribution is 6.01. The number of Topliss-reactive ketones (excluding diaryl/α,β-unsaturated/α-hetero) is 1. The van der Waals surface area contributed by atoms with Crippen LogP contribution in [0.3, 0.4) is 0 Å². The molecule has 6 nitrogen and oxygen atoms in total. The first kappa shape index (κ1) is 24.2. The molecule has 0 saturated heterocycles. The lowest BCUT2D eigenvalue weighted by atomic mass is 9.44. The van der Waals surface area contributed by atoms with Crippen molar-refractivity contribution >= 4 is 17.5 Å². The smallest absolute Gasteiger partial charge is 0.306 e. The van der Waals surface area contributed by atoms with Crippen molar-refractivity contribution in [1.82, 2.24) is 0 Å². The zero-order chi connectivity index (χ0) is 24.4. The third-order valence-electron chi connectivity index (χ3n) is 9.08. The van der Waals surface area contributed by atoms with Gasteiger partial charge in [-0.1, -0.05) is 19.9 Å². The van der Waals surface area contributed by atoms with E-state index in [1.165, 1.54) is 19.1 Å².